The molecule has 2 aliphatic rings. The lowest BCUT2D eigenvalue weighted by Crippen LogP contribution is -2.54. The van der Waals surface area contributed by atoms with Crippen LogP contribution in [0.5, 0.6) is 0 Å². The van der Waals surface area contributed by atoms with E-state index in [2.05, 4.69) is 78.1 Å². The van der Waals surface area contributed by atoms with E-state index in [1.165, 1.54) is 0 Å². The Hall–Kier alpha value is -5.45. The maximum absolute atomic E-state index is 14.1. The summed E-state index contributed by atoms with van der Waals surface area (Å²) < 4.78 is 39.9. The van der Waals surface area contributed by atoms with Crippen molar-refractivity contribution in [3.8, 4) is 0 Å². The van der Waals surface area contributed by atoms with Crippen molar-refractivity contribution in [1.82, 2.24) is 5.32 Å². The molecule has 0 bridgehead atoms. The second kappa shape index (κ2) is 18.9. The summed E-state index contributed by atoms with van der Waals surface area (Å²) in [5.74, 6) is -2.19. The van der Waals surface area contributed by atoms with Crippen LogP contribution in [0.15, 0.2) is 182 Å². The van der Waals surface area contributed by atoms with Crippen LogP contribution in [0, 0.1) is 0 Å². The highest BCUT2D eigenvalue weighted by molar-refractivity contribution is 5.81. The Balaban J connectivity index is 0.966. The third-order valence-corrected chi connectivity index (χ3v) is 11.6. The molecule has 320 valence electrons. The monoisotopic (exact) mass is 831 g/mol. The first-order valence-electron chi connectivity index (χ1n) is 21.7. The maximum atomic E-state index is 14.1. The molecule has 8 nitrogen and oxygen atoms in total. The average molecular weight is 832 g/mol. The molecule has 2 heterocycles. The van der Waals surface area contributed by atoms with Crippen molar-refractivity contribution in [3.63, 3.8) is 0 Å². The first kappa shape index (κ1) is 43.2. The Kier molecular flexibility index (Phi) is 13.2. The predicted molar refractivity (Wildman–Crippen MR) is 240 cm³/mol. The maximum Gasteiger partial charge on any atom is 0.249 e. The molecular weight excluding hydrogens is 775 g/mol. The number of hydrogen-bond acceptors (Lipinski definition) is 7. The molecule has 2 aliphatic heterocycles. The second-order valence-corrected chi connectivity index (χ2v) is 17.0. The molecule has 8 heteroatoms. The molecule has 2 fully saturated rings. The lowest BCUT2D eigenvalue weighted by molar-refractivity contribution is -0.308. The fourth-order valence-electron chi connectivity index (χ4n) is 9.12. The Morgan fingerprint density at radius 3 is 1.10 bits per heavy atom. The van der Waals surface area contributed by atoms with Crippen molar-refractivity contribution < 1.29 is 33.2 Å². The zero-order valence-corrected chi connectivity index (χ0v) is 36.0. The first-order chi connectivity index (χ1) is 30.1. The molecule has 0 unspecified atom stereocenters. The van der Waals surface area contributed by atoms with E-state index in [9.17, 15) is 4.79 Å². The molecule has 0 saturated carbocycles. The Morgan fingerprint density at radius 2 is 0.758 bits per heavy atom. The quantitative estimate of drug-likeness (QED) is 0.103. The van der Waals surface area contributed by atoms with E-state index in [-0.39, 0.29) is 37.9 Å². The lowest BCUT2D eigenvalue weighted by Gasteiger charge is -2.43. The highest BCUT2D eigenvalue weighted by atomic mass is 16.7. The van der Waals surface area contributed by atoms with Gasteiger partial charge in [-0.3, -0.25) is 4.79 Å². The fraction of sp³-hybridized carbons (Fsp3) is 0.315. The van der Waals surface area contributed by atoms with Crippen LogP contribution in [-0.2, 0) is 44.4 Å². The van der Waals surface area contributed by atoms with E-state index in [0.717, 1.165) is 33.4 Å². The SMILES string of the molecule is CC1(C)O[C@H](COC(c2ccccc2)(c2ccccc2)c2ccccc2)C[C@H](CNC(=O)[C@H]2C[C@@H](COC(c3ccccc3)(c3ccccc3)c3ccccc3)OC(C)(C)O2)O1. The third-order valence-electron chi connectivity index (χ3n) is 11.6. The van der Waals surface area contributed by atoms with Crippen molar-refractivity contribution >= 4 is 5.91 Å². The normalized spacial score (nSPS) is 21.2. The van der Waals surface area contributed by atoms with Gasteiger partial charge in [0.05, 0.1) is 31.5 Å². The summed E-state index contributed by atoms with van der Waals surface area (Å²) >= 11 is 0. The summed E-state index contributed by atoms with van der Waals surface area (Å²) in [6.07, 6.45) is -1.07. The molecule has 2 saturated heterocycles. The summed E-state index contributed by atoms with van der Waals surface area (Å²) in [5, 5.41) is 3.16. The number of benzene rings is 6. The number of rotatable bonds is 15. The first-order valence-corrected chi connectivity index (χ1v) is 21.7. The second-order valence-electron chi connectivity index (χ2n) is 17.0. The van der Waals surface area contributed by atoms with Crippen LogP contribution in [0.25, 0.3) is 0 Å². The predicted octanol–water partition coefficient (Wildman–Crippen LogP) is 9.94. The van der Waals surface area contributed by atoms with Gasteiger partial charge in [-0.1, -0.05) is 182 Å². The van der Waals surface area contributed by atoms with Crippen LogP contribution in [0.4, 0.5) is 0 Å². The van der Waals surface area contributed by atoms with Gasteiger partial charge < -0.3 is 33.7 Å². The number of ether oxygens (including phenoxy) is 6. The van der Waals surface area contributed by atoms with Crippen molar-refractivity contribution in [2.24, 2.45) is 0 Å². The van der Waals surface area contributed by atoms with Crippen LogP contribution in [0.1, 0.15) is 73.9 Å². The van der Waals surface area contributed by atoms with Crippen LogP contribution in [0.2, 0.25) is 0 Å². The van der Waals surface area contributed by atoms with Gasteiger partial charge in [0.25, 0.3) is 0 Å². The van der Waals surface area contributed by atoms with Gasteiger partial charge in [0.2, 0.25) is 5.91 Å². The van der Waals surface area contributed by atoms with Gasteiger partial charge in [0.15, 0.2) is 11.6 Å². The van der Waals surface area contributed by atoms with Crippen LogP contribution in [0.3, 0.4) is 0 Å². The van der Waals surface area contributed by atoms with E-state index < -0.39 is 35.0 Å². The molecule has 0 radical (unpaired) electrons. The molecule has 6 aromatic carbocycles. The number of hydrogen-bond donors (Lipinski definition) is 1. The summed E-state index contributed by atoms with van der Waals surface area (Å²) in [6, 6.07) is 61.7. The Labute approximate surface area is 366 Å². The van der Waals surface area contributed by atoms with E-state index >= 15 is 0 Å². The fourth-order valence-corrected chi connectivity index (χ4v) is 9.12. The van der Waals surface area contributed by atoms with Crippen molar-refractivity contribution in [2.45, 2.75) is 87.7 Å². The standard InChI is InChI=1S/C54H57NO7/c1-51(2)59-46(35-47(60-51)38-57-53(40-23-11-5-12-24-40,41-25-13-6-14-26-41)42-27-15-7-16-28-42)37-55-50(56)49-36-48(61-52(3,4)62-49)39-58-54(43-29-17-8-18-30-43,44-31-19-9-20-32-44)45-33-21-10-22-34-45/h5-34,46-49H,35-39H2,1-4H3,(H,55,56)/t46-,47+,48+,49-/m1/s1. The molecule has 1 N–H and O–H groups in total. The summed E-state index contributed by atoms with van der Waals surface area (Å²) in [5.41, 5.74) is 4.20. The highest BCUT2D eigenvalue weighted by Gasteiger charge is 2.44. The third kappa shape index (κ3) is 9.62. The molecule has 8 rings (SSSR count). The van der Waals surface area contributed by atoms with Gasteiger partial charge in [0.1, 0.15) is 17.3 Å². The summed E-state index contributed by atoms with van der Waals surface area (Å²) in [4.78, 5) is 14.1. The minimum Gasteiger partial charge on any atom is -0.358 e. The smallest absolute Gasteiger partial charge is 0.249 e. The van der Waals surface area contributed by atoms with E-state index in [1.807, 2.05) is 137 Å². The van der Waals surface area contributed by atoms with E-state index in [0.29, 0.717) is 12.8 Å². The van der Waals surface area contributed by atoms with Gasteiger partial charge >= 0.3 is 0 Å². The van der Waals surface area contributed by atoms with Crippen LogP contribution >= 0.6 is 0 Å². The molecule has 6 aromatic rings. The zero-order chi connectivity index (χ0) is 43.0. The van der Waals surface area contributed by atoms with Gasteiger partial charge in [-0.15, -0.1) is 0 Å². The number of nitrogens with one attached hydrogen (secondary N) is 1. The van der Waals surface area contributed by atoms with Crippen LogP contribution in [-0.4, -0.2) is 61.7 Å². The number of carbonyl (C=O) groups excluding carboxylic acids is 1. The lowest BCUT2D eigenvalue weighted by atomic mass is 9.80. The molecule has 0 spiro atoms. The van der Waals surface area contributed by atoms with Gasteiger partial charge in [-0.2, -0.15) is 0 Å². The molecule has 4 atom stereocenters. The summed E-state index contributed by atoms with van der Waals surface area (Å²) in [6.45, 7) is 8.26. The number of amides is 1. The van der Waals surface area contributed by atoms with Gasteiger partial charge in [-0.25, -0.2) is 0 Å². The molecular formula is C54H57NO7. The zero-order valence-electron chi connectivity index (χ0n) is 36.0. The largest absolute Gasteiger partial charge is 0.358 e. The minimum absolute atomic E-state index is 0.213. The highest BCUT2D eigenvalue weighted by Crippen LogP contribution is 2.43. The van der Waals surface area contributed by atoms with E-state index in [1.54, 1.807) is 0 Å². The van der Waals surface area contributed by atoms with Gasteiger partial charge in [-0.05, 0) is 61.1 Å². The molecule has 62 heavy (non-hydrogen) atoms. The van der Waals surface area contributed by atoms with E-state index in [4.69, 9.17) is 28.4 Å². The minimum atomic E-state index is -1.04. The summed E-state index contributed by atoms with van der Waals surface area (Å²) in [7, 11) is 0. The molecule has 0 aliphatic carbocycles. The van der Waals surface area contributed by atoms with Crippen molar-refractivity contribution in [3.05, 3.63) is 215 Å². The average Bonchev–Trinajstić information content (AvgIpc) is 3.30. The Bertz CT molecular complexity index is 2120. The van der Waals surface area contributed by atoms with Crippen LogP contribution < -0.4 is 5.32 Å². The molecule has 1 amide bonds. The van der Waals surface area contributed by atoms with Gasteiger partial charge in [0, 0.05) is 19.4 Å². The van der Waals surface area contributed by atoms with Crippen molar-refractivity contribution in [2.75, 3.05) is 19.8 Å². The number of carbonyl (C=O) groups is 1. The molecule has 0 aromatic heterocycles. The van der Waals surface area contributed by atoms with Crippen molar-refractivity contribution in [1.29, 1.82) is 0 Å². The topological polar surface area (TPSA) is 84.5 Å². The Morgan fingerprint density at radius 1 is 0.468 bits per heavy atom.